The molecule has 4 nitrogen and oxygen atoms in total. The summed E-state index contributed by atoms with van der Waals surface area (Å²) in [7, 11) is 1.08. The van der Waals surface area contributed by atoms with E-state index in [1.54, 1.807) is 0 Å². The molecule has 0 aromatic heterocycles. The zero-order valence-electron chi connectivity index (χ0n) is 8.63. The molecule has 1 rings (SSSR count). The Balaban J connectivity index is 3.04. The van der Waals surface area contributed by atoms with Gasteiger partial charge < -0.3 is 9.84 Å². The lowest BCUT2D eigenvalue weighted by Gasteiger charge is -2.22. The maximum absolute atomic E-state index is 12.3. The van der Waals surface area contributed by atoms with E-state index in [-0.39, 0.29) is 11.3 Å². The highest BCUT2D eigenvalue weighted by Crippen LogP contribution is 2.31. The van der Waals surface area contributed by atoms with Crippen LogP contribution in [0.4, 0.5) is 13.2 Å². The number of hydrogen-bond acceptors (Lipinski definition) is 4. The predicted octanol–water partition coefficient (Wildman–Crippen LogP) is 1.77. The molecular formula is C9H10F3NO3. The van der Waals surface area contributed by atoms with Gasteiger partial charge in [-0.05, 0) is 6.92 Å². The summed E-state index contributed by atoms with van der Waals surface area (Å²) in [6.07, 6.45) is -5.26. The molecule has 90 valence electrons. The van der Waals surface area contributed by atoms with Crippen LogP contribution in [0.2, 0.25) is 0 Å². The fraction of sp³-hybridized carbons (Fsp3) is 0.556. The van der Waals surface area contributed by atoms with Crippen LogP contribution in [0.15, 0.2) is 16.3 Å². The van der Waals surface area contributed by atoms with Gasteiger partial charge in [0.2, 0.25) is 0 Å². The fourth-order valence-electron chi connectivity index (χ4n) is 1.39. The minimum absolute atomic E-state index is 0.169. The molecule has 0 fully saturated rings. The van der Waals surface area contributed by atoms with Gasteiger partial charge in [-0.2, -0.15) is 13.2 Å². The number of halogens is 3. The van der Waals surface area contributed by atoms with Crippen LogP contribution in [0.5, 0.6) is 0 Å². The van der Waals surface area contributed by atoms with E-state index in [9.17, 15) is 23.1 Å². The lowest BCUT2D eigenvalue weighted by Crippen LogP contribution is -2.33. The number of carbonyl (C=O) groups excluding carboxylic acids is 1. The van der Waals surface area contributed by atoms with Gasteiger partial charge in [0.25, 0.3) is 0 Å². The van der Waals surface area contributed by atoms with Crippen LogP contribution in [0.3, 0.4) is 0 Å². The summed E-state index contributed by atoms with van der Waals surface area (Å²) in [6, 6.07) is -2.00. The zero-order valence-corrected chi connectivity index (χ0v) is 8.63. The predicted molar refractivity (Wildman–Crippen MR) is 49.2 cm³/mol. The van der Waals surface area contributed by atoms with Crippen molar-refractivity contribution >= 4 is 11.7 Å². The summed E-state index contributed by atoms with van der Waals surface area (Å²) < 4.78 is 41.4. The lowest BCUT2D eigenvalue weighted by molar-refractivity contribution is -0.149. The molecular weight excluding hydrogens is 227 g/mol. The molecule has 16 heavy (non-hydrogen) atoms. The normalized spacial score (nSPS) is 21.8. The van der Waals surface area contributed by atoms with E-state index < -0.39 is 30.4 Å². The molecule has 1 aliphatic heterocycles. The van der Waals surface area contributed by atoms with Crippen molar-refractivity contribution in [3.63, 3.8) is 0 Å². The highest BCUT2D eigenvalue weighted by Gasteiger charge is 2.43. The van der Waals surface area contributed by atoms with Crippen LogP contribution in [-0.2, 0) is 9.53 Å². The highest BCUT2D eigenvalue weighted by molar-refractivity contribution is 6.19. The van der Waals surface area contributed by atoms with Gasteiger partial charge in [0.1, 0.15) is 11.3 Å². The Bertz CT molecular complexity index is 371. The Labute approximate surface area is 89.4 Å². The molecule has 1 unspecified atom stereocenters. The second kappa shape index (κ2) is 4.15. The van der Waals surface area contributed by atoms with Crippen molar-refractivity contribution in [3.05, 3.63) is 11.3 Å². The Morgan fingerprint density at radius 2 is 2.12 bits per heavy atom. The van der Waals surface area contributed by atoms with Gasteiger partial charge in [-0.15, -0.1) is 0 Å². The maximum Gasteiger partial charge on any atom is 0.411 e. The highest BCUT2D eigenvalue weighted by atomic mass is 19.4. The first-order chi connectivity index (χ1) is 7.27. The first-order valence-electron chi connectivity index (χ1n) is 4.39. The molecule has 0 saturated heterocycles. The van der Waals surface area contributed by atoms with E-state index in [1.165, 1.54) is 6.92 Å². The fourth-order valence-corrected chi connectivity index (χ4v) is 1.39. The number of aliphatic hydroxyl groups is 1. The van der Waals surface area contributed by atoms with Crippen LogP contribution in [0.1, 0.15) is 13.3 Å². The molecule has 1 heterocycles. The van der Waals surface area contributed by atoms with Gasteiger partial charge in [-0.1, -0.05) is 0 Å². The molecule has 0 radical (unpaired) electrons. The van der Waals surface area contributed by atoms with E-state index in [0.29, 0.717) is 0 Å². The van der Waals surface area contributed by atoms with E-state index in [2.05, 4.69) is 9.73 Å². The number of esters is 1. The van der Waals surface area contributed by atoms with Crippen LogP contribution >= 0.6 is 0 Å². The number of aliphatic hydroxyl groups excluding tert-OH is 1. The van der Waals surface area contributed by atoms with Crippen molar-refractivity contribution in [1.29, 1.82) is 0 Å². The molecule has 1 aliphatic rings. The van der Waals surface area contributed by atoms with Crippen molar-refractivity contribution in [2.45, 2.75) is 25.6 Å². The largest absolute Gasteiger partial charge is 0.511 e. The Kier molecular flexibility index (Phi) is 3.25. The third-order valence-electron chi connectivity index (χ3n) is 2.15. The molecule has 0 aromatic rings. The summed E-state index contributed by atoms with van der Waals surface area (Å²) in [5, 5.41) is 9.37. The van der Waals surface area contributed by atoms with Crippen molar-refractivity contribution in [1.82, 2.24) is 0 Å². The Morgan fingerprint density at radius 3 is 2.50 bits per heavy atom. The van der Waals surface area contributed by atoms with Gasteiger partial charge in [0.15, 0.2) is 6.04 Å². The minimum atomic E-state index is -4.53. The number of dihydropyridines is 1. The second-order valence-electron chi connectivity index (χ2n) is 3.29. The number of carbonyl (C=O) groups is 1. The topological polar surface area (TPSA) is 58.9 Å². The molecule has 0 bridgehead atoms. The molecule has 0 aromatic carbocycles. The average molecular weight is 237 g/mol. The number of alkyl halides is 3. The number of hydrogen-bond donors (Lipinski definition) is 1. The first-order valence-corrected chi connectivity index (χ1v) is 4.39. The molecule has 1 atom stereocenters. The molecule has 0 spiro atoms. The second-order valence-corrected chi connectivity index (χ2v) is 3.29. The minimum Gasteiger partial charge on any atom is -0.511 e. The van der Waals surface area contributed by atoms with Crippen LogP contribution < -0.4 is 0 Å². The summed E-state index contributed by atoms with van der Waals surface area (Å²) in [6.45, 7) is 1.22. The maximum atomic E-state index is 12.3. The van der Waals surface area contributed by atoms with E-state index in [4.69, 9.17) is 0 Å². The monoisotopic (exact) mass is 237 g/mol. The first kappa shape index (κ1) is 12.5. The van der Waals surface area contributed by atoms with E-state index in [1.807, 2.05) is 0 Å². The summed E-state index contributed by atoms with van der Waals surface area (Å²) in [4.78, 5) is 14.5. The number of rotatable bonds is 1. The standard InChI is InChI=1S/C9H10F3NO3/c1-4-7(8(15)16-2)5(14)3-6(13-4)9(10,11)12/h6,14H,3H2,1-2H3. The third kappa shape index (κ3) is 2.34. The van der Waals surface area contributed by atoms with Crippen molar-refractivity contribution in [3.8, 4) is 0 Å². The Morgan fingerprint density at radius 1 is 1.56 bits per heavy atom. The van der Waals surface area contributed by atoms with Crippen molar-refractivity contribution < 1.29 is 27.8 Å². The lowest BCUT2D eigenvalue weighted by atomic mass is 10.0. The molecule has 0 amide bonds. The molecule has 1 N–H and O–H groups in total. The van der Waals surface area contributed by atoms with Crippen molar-refractivity contribution in [2.75, 3.05) is 7.11 Å². The van der Waals surface area contributed by atoms with E-state index >= 15 is 0 Å². The van der Waals surface area contributed by atoms with Crippen LogP contribution in [-0.4, -0.2) is 36.1 Å². The van der Waals surface area contributed by atoms with Crippen molar-refractivity contribution in [2.24, 2.45) is 4.99 Å². The van der Waals surface area contributed by atoms with Crippen LogP contribution in [0, 0.1) is 0 Å². The smallest absolute Gasteiger partial charge is 0.411 e. The summed E-state index contributed by atoms with van der Waals surface area (Å²) >= 11 is 0. The molecule has 7 heteroatoms. The number of aliphatic imine (C=N–C) groups is 1. The zero-order chi connectivity index (χ0) is 12.5. The van der Waals surface area contributed by atoms with Gasteiger partial charge >= 0.3 is 12.1 Å². The Hall–Kier alpha value is -1.53. The van der Waals surface area contributed by atoms with Gasteiger partial charge in [-0.3, -0.25) is 4.99 Å². The molecule has 0 aliphatic carbocycles. The number of methoxy groups -OCH3 is 1. The van der Waals surface area contributed by atoms with Gasteiger partial charge in [-0.25, -0.2) is 4.79 Å². The van der Waals surface area contributed by atoms with Gasteiger partial charge in [0, 0.05) is 6.42 Å². The SMILES string of the molecule is COC(=O)C1=C(O)CC(C(F)(F)F)N=C1C. The average Bonchev–Trinajstić information content (AvgIpc) is 2.14. The van der Waals surface area contributed by atoms with E-state index in [0.717, 1.165) is 7.11 Å². The summed E-state index contributed by atoms with van der Waals surface area (Å²) in [5.41, 5.74) is -0.457. The third-order valence-corrected chi connectivity index (χ3v) is 2.15. The molecule has 0 saturated carbocycles. The van der Waals surface area contributed by atoms with Gasteiger partial charge in [0.05, 0.1) is 12.8 Å². The summed E-state index contributed by atoms with van der Waals surface area (Å²) in [5.74, 6) is -1.53. The quantitative estimate of drug-likeness (QED) is 0.707. The number of ether oxygens (including phenoxy) is 1. The number of nitrogens with zero attached hydrogens (tertiary/aromatic N) is 1. The van der Waals surface area contributed by atoms with Crippen LogP contribution in [0.25, 0.3) is 0 Å².